The number of rotatable bonds is 9. The largest absolute Gasteiger partial charge is 0.497 e. The van der Waals surface area contributed by atoms with E-state index in [4.69, 9.17) is 9.84 Å². The summed E-state index contributed by atoms with van der Waals surface area (Å²) < 4.78 is 5.11. The third-order valence-corrected chi connectivity index (χ3v) is 3.88. The summed E-state index contributed by atoms with van der Waals surface area (Å²) >= 11 is 1.35. The molecule has 0 fully saturated rings. The van der Waals surface area contributed by atoms with Gasteiger partial charge >= 0.3 is 5.97 Å². The molecule has 21 heavy (non-hydrogen) atoms. The van der Waals surface area contributed by atoms with Gasteiger partial charge in [-0.25, -0.2) is 4.79 Å². The maximum Gasteiger partial charge on any atom is 0.326 e. The summed E-state index contributed by atoms with van der Waals surface area (Å²) in [5.74, 6) is -0.343. The number of amides is 1. The van der Waals surface area contributed by atoms with E-state index in [2.05, 4.69) is 5.32 Å². The highest BCUT2D eigenvalue weighted by atomic mass is 32.2. The van der Waals surface area contributed by atoms with Crippen LogP contribution in [0.15, 0.2) is 29.2 Å². The number of hydrogen-bond acceptors (Lipinski definition) is 4. The highest BCUT2D eigenvalue weighted by Crippen LogP contribution is 2.22. The number of ether oxygens (including phenoxy) is 1. The molecule has 0 heterocycles. The second-order valence-corrected chi connectivity index (χ2v) is 5.62. The minimum Gasteiger partial charge on any atom is -0.497 e. The van der Waals surface area contributed by atoms with Gasteiger partial charge in [-0.15, -0.1) is 11.8 Å². The second kappa shape index (κ2) is 9.28. The average Bonchev–Trinajstić information content (AvgIpc) is 2.49. The fourth-order valence-corrected chi connectivity index (χ4v) is 2.50. The summed E-state index contributed by atoms with van der Waals surface area (Å²) in [5.41, 5.74) is 0. The molecule has 116 valence electrons. The van der Waals surface area contributed by atoms with Crippen LogP contribution in [0.3, 0.4) is 0 Å². The molecule has 1 atom stereocenters. The Bertz CT molecular complexity index is 478. The average molecular weight is 311 g/mol. The molecule has 0 saturated heterocycles. The summed E-state index contributed by atoms with van der Waals surface area (Å²) in [7, 11) is 1.58. The van der Waals surface area contributed by atoms with Gasteiger partial charge in [-0.2, -0.15) is 0 Å². The zero-order chi connectivity index (χ0) is 15.7. The number of benzene rings is 1. The van der Waals surface area contributed by atoms with Crippen LogP contribution in [0.25, 0.3) is 0 Å². The van der Waals surface area contributed by atoms with Gasteiger partial charge in [0.2, 0.25) is 5.91 Å². The van der Waals surface area contributed by atoms with Crippen LogP contribution in [-0.4, -0.2) is 35.9 Å². The predicted octanol–water partition coefficient (Wildman–Crippen LogP) is 2.55. The number of methoxy groups -OCH3 is 1. The Labute approximate surface area is 129 Å². The zero-order valence-corrected chi connectivity index (χ0v) is 13.1. The van der Waals surface area contributed by atoms with Crippen molar-refractivity contribution in [3.05, 3.63) is 24.3 Å². The highest BCUT2D eigenvalue weighted by Gasteiger charge is 2.19. The molecule has 0 spiro atoms. The van der Waals surface area contributed by atoms with Crippen molar-refractivity contribution in [2.24, 2.45) is 0 Å². The second-order valence-electron chi connectivity index (χ2n) is 4.57. The topological polar surface area (TPSA) is 75.6 Å². The standard InChI is InChI=1S/C15H21NO4S/c1-3-4-8-13(15(18)19)16-14(17)10-21-12-7-5-6-11(9-12)20-2/h5-7,9,13H,3-4,8,10H2,1-2H3,(H,16,17)(H,18,19)/t13-/m0/s1. The Morgan fingerprint density at radius 1 is 1.43 bits per heavy atom. The van der Waals surface area contributed by atoms with Crippen LogP contribution in [0.2, 0.25) is 0 Å². The van der Waals surface area contributed by atoms with E-state index in [1.807, 2.05) is 31.2 Å². The van der Waals surface area contributed by atoms with E-state index in [-0.39, 0.29) is 11.7 Å². The molecule has 1 rings (SSSR count). The molecule has 0 aromatic heterocycles. The van der Waals surface area contributed by atoms with Crippen molar-refractivity contribution >= 4 is 23.6 Å². The van der Waals surface area contributed by atoms with Gasteiger partial charge in [0.25, 0.3) is 0 Å². The number of hydrogen-bond donors (Lipinski definition) is 2. The molecule has 2 N–H and O–H groups in total. The van der Waals surface area contributed by atoms with Gasteiger partial charge in [0.05, 0.1) is 12.9 Å². The van der Waals surface area contributed by atoms with Crippen molar-refractivity contribution in [1.82, 2.24) is 5.32 Å². The van der Waals surface area contributed by atoms with Crippen LogP contribution >= 0.6 is 11.8 Å². The van der Waals surface area contributed by atoms with E-state index < -0.39 is 12.0 Å². The van der Waals surface area contributed by atoms with E-state index in [1.165, 1.54) is 11.8 Å². The summed E-state index contributed by atoms with van der Waals surface area (Å²) in [4.78, 5) is 23.8. The molecule has 0 bridgehead atoms. The number of carboxylic acid groups (broad SMARTS) is 1. The fourth-order valence-electron chi connectivity index (χ4n) is 1.74. The maximum absolute atomic E-state index is 11.8. The van der Waals surface area contributed by atoms with Crippen LogP contribution in [-0.2, 0) is 9.59 Å². The Kier molecular flexibility index (Phi) is 7.68. The lowest BCUT2D eigenvalue weighted by Gasteiger charge is -2.14. The minimum atomic E-state index is -0.983. The van der Waals surface area contributed by atoms with Crippen LogP contribution < -0.4 is 10.1 Å². The molecular weight excluding hydrogens is 290 g/mol. The predicted molar refractivity (Wildman–Crippen MR) is 82.8 cm³/mol. The first kappa shape index (κ1) is 17.4. The minimum absolute atomic E-state index is 0.184. The molecule has 0 aliphatic heterocycles. The van der Waals surface area contributed by atoms with Crippen molar-refractivity contribution in [3.63, 3.8) is 0 Å². The number of thioether (sulfide) groups is 1. The van der Waals surface area contributed by atoms with Crippen molar-refractivity contribution in [2.75, 3.05) is 12.9 Å². The lowest BCUT2D eigenvalue weighted by Crippen LogP contribution is -2.41. The van der Waals surface area contributed by atoms with Crippen molar-refractivity contribution < 1.29 is 19.4 Å². The van der Waals surface area contributed by atoms with Gasteiger partial charge in [0.15, 0.2) is 0 Å². The number of carbonyl (C=O) groups is 2. The molecule has 0 aliphatic carbocycles. The number of unbranched alkanes of at least 4 members (excludes halogenated alkanes) is 1. The fraction of sp³-hybridized carbons (Fsp3) is 0.467. The quantitative estimate of drug-likeness (QED) is 0.685. The molecule has 0 unspecified atom stereocenters. The SMILES string of the molecule is CCCC[C@H](NC(=O)CSc1cccc(OC)c1)C(=O)O. The molecule has 1 aromatic rings. The Balaban J connectivity index is 2.46. The van der Waals surface area contributed by atoms with Crippen molar-refractivity contribution in [2.45, 2.75) is 37.1 Å². The number of carboxylic acids is 1. The maximum atomic E-state index is 11.8. The Morgan fingerprint density at radius 3 is 2.81 bits per heavy atom. The van der Waals surface area contributed by atoms with Gasteiger partial charge in [0.1, 0.15) is 11.8 Å². The smallest absolute Gasteiger partial charge is 0.326 e. The van der Waals surface area contributed by atoms with E-state index in [0.717, 1.165) is 23.5 Å². The Hall–Kier alpha value is -1.69. The third kappa shape index (κ3) is 6.53. The molecule has 6 heteroatoms. The normalized spacial score (nSPS) is 11.7. The van der Waals surface area contributed by atoms with Crippen molar-refractivity contribution in [1.29, 1.82) is 0 Å². The van der Waals surface area contributed by atoms with Crippen LogP contribution in [0.5, 0.6) is 5.75 Å². The summed E-state index contributed by atoms with van der Waals surface area (Å²) in [5, 5.41) is 11.6. The third-order valence-electron chi connectivity index (χ3n) is 2.89. The molecule has 1 aromatic carbocycles. The van der Waals surface area contributed by atoms with Gasteiger partial charge in [-0.05, 0) is 24.6 Å². The monoisotopic (exact) mass is 311 g/mol. The van der Waals surface area contributed by atoms with E-state index in [1.54, 1.807) is 7.11 Å². The molecular formula is C15H21NO4S. The molecule has 5 nitrogen and oxygen atoms in total. The number of carbonyl (C=O) groups excluding carboxylic acids is 1. The zero-order valence-electron chi connectivity index (χ0n) is 12.3. The first-order chi connectivity index (χ1) is 10.1. The number of nitrogens with one attached hydrogen (secondary N) is 1. The molecule has 0 aliphatic rings. The lowest BCUT2D eigenvalue weighted by molar-refractivity contribution is -0.141. The molecule has 1 amide bonds. The van der Waals surface area contributed by atoms with Gasteiger partial charge in [-0.3, -0.25) is 4.79 Å². The number of aliphatic carboxylic acids is 1. The van der Waals surface area contributed by atoms with Crippen LogP contribution in [0.1, 0.15) is 26.2 Å². The lowest BCUT2D eigenvalue weighted by atomic mass is 10.1. The first-order valence-corrected chi connectivity index (χ1v) is 7.84. The Morgan fingerprint density at radius 2 is 2.19 bits per heavy atom. The molecule has 0 radical (unpaired) electrons. The van der Waals surface area contributed by atoms with Gasteiger partial charge < -0.3 is 15.2 Å². The molecule has 0 saturated carbocycles. The van der Waals surface area contributed by atoms with Crippen LogP contribution in [0, 0.1) is 0 Å². The van der Waals surface area contributed by atoms with E-state index >= 15 is 0 Å². The van der Waals surface area contributed by atoms with E-state index in [0.29, 0.717) is 6.42 Å². The van der Waals surface area contributed by atoms with Gasteiger partial charge in [-0.1, -0.05) is 25.8 Å². The van der Waals surface area contributed by atoms with Crippen molar-refractivity contribution in [3.8, 4) is 5.75 Å². The van der Waals surface area contributed by atoms with E-state index in [9.17, 15) is 9.59 Å². The van der Waals surface area contributed by atoms with Crippen LogP contribution in [0.4, 0.5) is 0 Å². The first-order valence-electron chi connectivity index (χ1n) is 6.85. The summed E-state index contributed by atoms with van der Waals surface area (Å²) in [6, 6.07) is 6.59. The summed E-state index contributed by atoms with van der Waals surface area (Å²) in [6.07, 6.45) is 2.14. The van der Waals surface area contributed by atoms with Gasteiger partial charge in [0, 0.05) is 4.90 Å². The highest BCUT2D eigenvalue weighted by molar-refractivity contribution is 8.00. The summed E-state index contributed by atoms with van der Waals surface area (Å²) in [6.45, 7) is 1.99.